The fraction of sp³-hybridized carbons (Fsp3) is 0.200. The molecule has 2 heterocycles. The highest BCUT2D eigenvalue weighted by molar-refractivity contribution is 6.31. The highest BCUT2D eigenvalue weighted by Gasteiger charge is 2.44. The summed E-state index contributed by atoms with van der Waals surface area (Å²) in [4.78, 5) is 8.20. The first-order chi connectivity index (χ1) is 10.5. The molecule has 0 aliphatic carbocycles. The number of hydrogen-bond donors (Lipinski definition) is 2. The molecule has 0 spiro atoms. The van der Waals surface area contributed by atoms with Crippen molar-refractivity contribution in [3.8, 4) is 5.75 Å². The molecule has 1 atom stereocenters. The number of ether oxygens (including phenoxy) is 1. The summed E-state index contributed by atoms with van der Waals surface area (Å²) in [6, 6.07) is 6.53. The van der Waals surface area contributed by atoms with Crippen LogP contribution in [0.1, 0.15) is 18.1 Å². The van der Waals surface area contributed by atoms with Crippen molar-refractivity contribution in [2.45, 2.75) is 12.5 Å². The molecule has 1 aromatic heterocycles. The number of hydrogen-bond acceptors (Lipinski definition) is 5. The lowest BCUT2D eigenvalue weighted by molar-refractivity contribution is 0.153. The molecule has 114 valence electrons. The second-order valence-corrected chi connectivity index (χ2v) is 5.63. The molecule has 7 heteroatoms. The Hall–Kier alpha value is -1.82. The Morgan fingerprint density at radius 1 is 1.27 bits per heavy atom. The van der Waals surface area contributed by atoms with E-state index in [1.54, 1.807) is 18.2 Å². The number of amidine groups is 1. The Balaban J connectivity index is 2.26. The van der Waals surface area contributed by atoms with Crippen molar-refractivity contribution in [1.82, 2.24) is 4.98 Å². The Bertz CT molecular complexity index is 779. The average molecular weight is 338 g/mol. The van der Waals surface area contributed by atoms with Crippen LogP contribution in [0.25, 0.3) is 0 Å². The molecule has 3 rings (SSSR count). The summed E-state index contributed by atoms with van der Waals surface area (Å²) in [7, 11) is 0. The third-order valence-corrected chi connectivity index (χ3v) is 3.93. The summed E-state index contributed by atoms with van der Waals surface area (Å²) in [5, 5.41) is 11.9. The molecule has 0 radical (unpaired) electrons. The second-order valence-electron chi connectivity index (χ2n) is 4.81. The lowest BCUT2D eigenvalue weighted by atomic mass is 9.86. The molecule has 1 aromatic carbocycles. The maximum atomic E-state index is 11.3. The van der Waals surface area contributed by atoms with Gasteiger partial charge in [-0.2, -0.15) is 0 Å². The molecule has 0 saturated heterocycles. The SMILES string of the molecule is CCOc1cnc(Cl)cc1C1(O)C(N)=Nc2ccc(Cl)cc21. The molecule has 1 aliphatic rings. The minimum absolute atomic E-state index is 0.0352. The third-order valence-electron chi connectivity index (χ3n) is 3.48. The number of nitrogens with two attached hydrogens (primary N) is 1. The van der Waals surface area contributed by atoms with Crippen LogP contribution in [-0.2, 0) is 5.60 Å². The number of aliphatic hydroxyl groups is 1. The summed E-state index contributed by atoms with van der Waals surface area (Å²) in [5.74, 6) is 0.424. The largest absolute Gasteiger partial charge is 0.492 e. The number of halogens is 2. The number of fused-ring (bicyclic) bond motifs is 1. The summed E-state index contributed by atoms with van der Waals surface area (Å²) < 4.78 is 5.54. The van der Waals surface area contributed by atoms with Gasteiger partial charge in [0.2, 0.25) is 0 Å². The first-order valence-corrected chi connectivity index (χ1v) is 7.38. The Labute approximate surface area is 137 Å². The number of nitrogens with zero attached hydrogens (tertiary/aromatic N) is 2. The van der Waals surface area contributed by atoms with Crippen LogP contribution in [0.4, 0.5) is 5.69 Å². The van der Waals surface area contributed by atoms with Gasteiger partial charge in [-0.05, 0) is 31.2 Å². The van der Waals surface area contributed by atoms with E-state index in [0.717, 1.165) is 0 Å². The van der Waals surface area contributed by atoms with Crippen LogP contribution in [0, 0.1) is 0 Å². The highest BCUT2D eigenvalue weighted by atomic mass is 35.5. The van der Waals surface area contributed by atoms with Gasteiger partial charge in [-0.25, -0.2) is 9.98 Å². The van der Waals surface area contributed by atoms with Crippen molar-refractivity contribution >= 4 is 34.7 Å². The number of benzene rings is 1. The van der Waals surface area contributed by atoms with Crippen LogP contribution in [-0.4, -0.2) is 22.5 Å². The topological polar surface area (TPSA) is 80.7 Å². The predicted octanol–water partition coefficient (Wildman–Crippen LogP) is 3.03. The van der Waals surface area contributed by atoms with Gasteiger partial charge in [0, 0.05) is 16.1 Å². The van der Waals surface area contributed by atoms with Crippen molar-refractivity contribution in [1.29, 1.82) is 0 Å². The summed E-state index contributed by atoms with van der Waals surface area (Å²) in [6.07, 6.45) is 1.45. The fourth-order valence-corrected chi connectivity index (χ4v) is 2.83. The first-order valence-electron chi connectivity index (χ1n) is 6.62. The first kappa shape index (κ1) is 15.1. The molecule has 22 heavy (non-hydrogen) atoms. The molecule has 2 aromatic rings. The molecule has 0 fully saturated rings. The average Bonchev–Trinajstić information content (AvgIpc) is 2.74. The standard InChI is InChI=1S/C15H13Cl2N3O2/c1-2-22-12-7-19-13(17)6-10(12)15(21)9-5-8(16)3-4-11(9)20-14(15)18/h3-7,21H,2H2,1H3,(H2,18,20). The van der Waals surface area contributed by atoms with Crippen molar-refractivity contribution in [3.05, 3.63) is 51.8 Å². The van der Waals surface area contributed by atoms with E-state index in [4.69, 9.17) is 33.7 Å². The van der Waals surface area contributed by atoms with Gasteiger partial charge in [-0.15, -0.1) is 0 Å². The summed E-state index contributed by atoms with van der Waals surface area (Å²) in [6.45, 7) is 2.24. The van der Waals surface area contributed by atoms with E-state index < -0.39 is 5.60 Å². The van der Waals surface area contributed by atoms with Gasteiger partial charge in [-0.1, -0.05) is 23.2 Å². The quantitative estimate of drug-likeness (QED) is 0.843. The van der Waals surface area contributed by atoms with Gasteiger partial charge in [0.15, 0.2) is 5.60 Å². The van der Waals surface area contributed by atoms with Crippen LogP contribution >= 0.6 is 23.2 Å². The van der Waals surface area contributed by atoms with E-state index in [9.17, 15) is 5.11 Å². The molecular weight excluding hydrogens is 325 g/mol. The van der Waals surface area contributed by atoms with Gasteiger partial charge >= 0.3 is 0 Å². The smallest absolute Gasteiger partial charge is 0.178 e. The molecular formula is C15H13Cl2N3O2. The minimum Gasteiger partial charge on any atom is -0.492 e. The Kier molecular flexibility index (Phi) is 3.72. The van der Waals surface area contributed by atoms with Gasteiger partial charge in [-0.3, -0.25) is 0 Å². The maximum Gasteiger partial charge on any atom is 0.178 e. The Morgan fingerprint density at radius 2 is 2.05 bits per heavy atom. The third kappa shape index (κ3) is 2.22. The van der Waals surface area contributed by atoms with E-state index in [1.165, 1.54) is 12.3 Å². The Morgan fingerprint density at radius 3 is 2.77 bits per heavy atom. The van der Waals surface area contributed by atoms with Crippen LogP contribution in [0.3, 0.4) is 0 Å². The van der Waals surface area contributed by atoms with E-state index >= 15 is 0 Å². The lowest BCUT2D eigenvalue weighted by Gasteiger charge is -2.26. The fourth-order valence-electron chi connectivity index (χ4n) is 2.50. The maximum absolute atomic E-state index is 11.3. The number of pyridine rings is 1. The molecule has 3 N–H and O–H groups in total. The second kappa shape index (κ2) is 5.43. The summed E-state index contributed by atoms with van der Waals surface area (Å²) in [5.41, 5.74) is 5.77. The van der Waals surface area contributed by atoms with Gasteiger partial charge < -0.3 is 15.6 Å². The molecule has 5 nitrogen and oxygen atoms in total. The zero-order valence-electron chi connectivity index (χ0n) is 11.7. The normalized spacial score (nSPS) is 19.7. The van der Waals surface area contributed by atoms with Gasteiger partial charge in [0.25, 0.3) is 0 Å². The van der Waals surface area contributed by atoms with Crippen molar-refractivity contribution < 1.29 is 9.84 Å². The van der Waals surface area contributed by atoms with Crippen LogP contribution in [0.5, 0.6) is 5.75 Å². The number of aromatic nitrogens is 1. The molecule has 0 amide bonds. The molecule has 1 aliphatic heterocycles. The summed E-state index contributed by atoms with van der Waals surface area (Å²) >= 11 is 12.0. The van der Waals surface area contributed by atoms with Gasteiger partial charge in [0.1, 0.15) is 16.7 Å². The van der Waals surface area contributed by atoms with Gasteiger partial charge in [0.05, 0.1) is 18.5 Å². The molecule has 0 bridgehead atoms. The van der Waals surface area contributed by atoms with E-state index in [0.29, 0.717) is 34.2 Å². The van der Waals surface area contributed by atoms with Crippen LogP contribution < -0.4 is 10.5 Å². The van der Waals surface area contributed by atoms with Crippen LogP contribution in [0.2, 0.25) is 10.2 Å². The molecule has 0 saturated carbocycles. The number of aliphatic imine (C=N–C) groups is 1. The van der Waals surface area contributed by atoms with Crippen LogP contribution in [0.15, 0.2) is 35.5 Å². The predicted molar refractivity (Wildman–Crippen MR) is 86.1 cm³/mol. The highest BCUT2D eigenvalue weighted by Crippen LogP contribution is 2.45. The number of rotatable bonds is 3. The van der Waals surface area contributed by atoms with E-state index in [-0.39, 0.29) is 11.0 Å². The monoisotopic (exact) mass is 337 g/mol. The molecule has 1 unspecified atom stereocenters. The zero-order valence-corrected chi connectivity index (χ0v) is 13.2. The zero-order chi connectivity index (χ0) is 15.9. The van der Waals surface area contributed by atoms with E-state index in [1.807, 2.05) is 6.92 Å². The van der Waals surface area contributed by atoms with Crippen molar-refractivity contribution in [2.24, 2.45) is 10.7 Å². The minimum atomic E-state index is -1.66. The van der Waals surface area contributed by atoms with E-state index in [2.05, 4.69) is 9.98 Å². The lowest BCUT2D eigenvalue weighted by Crippen LogP contribution is -2.40. The van der Waals surface area contributed by atoms with Crippen molar-refractivity contribution in [2.75, 3.05) is 6.61 Å². The van der Waals surface area contributed by atoms with Crippen molar-refractivity contribution in [3.63, 3.8) is 0 Å².